The van der Waals surface area contributed by atoms with E-state index in [-0.39, 0.29) is 12.4 Å². The van der Waals surface area contributed by atoms with Gasteiger partial charge in [0.1, 0.15) is 5.82 Å². The summed E-state index contributed by atoms with van der Waals surface area (Å²) < 4.78 is 3.92. The lowest BCUT2D eigenvalue weighted by Gasteiger charge is -2.08. The Kier molecular flexibility index (Phi) is 4.47. The zero-order valence-corrected chi connectivity index (χ0v) is 11.9. The maximum atomic E-state index is 4.47. The van der Waals surface area contributed by atoms with Crippen molar-refractivity contribution in [1.29, 1.82) is 0 Å². The van der Waals surface area contributed by atoms with Gasteiger partial charge in [-0.15, -0.1) is 12.4 Å². The van der Waals surface area contributed by atoms with Gasteiger partial charge in [0.2, 0.25) is 0 Å². The van der Waals surface area contributed by atoms with Crippen LogP contribution in [0.4, 0.5) is 5.82 Å². The number of aromatic nitrogens is 4. The summed E-state index contributed by atoms with van der Waals surface area (Å²) in [6.07, 6.45) is 11.3. The first kappa shape index (κ1) is 13.9. The van der Waals surface area contributed by atoms with E-state index in [0.29, 0.717) is 6.04 Å². The van der Waals surface area contributed by atoms with Crippen LogP contribution in [0.3, 0.4) is 0 Å². The molecule has 0 aromatic carbocycles. The molecule has 19 heavy (non-hydrogen) atoms. The smallest absolute Gasteiger partial charge is 0.148 e. The Balaban J connectivity index is 0.00000133. The van der Waals surface area contributed by atoms with Crippen molar-refractivity contribution < 1.29 is 0 Å². The van der Waals surface area contributed by atoms with Crippen LogP contribution in [0.2, 0.25) is 0 Å². The number of nitrogens with zero attached hydrogens (tertiary/aromatic N) is 4. The molecule has 1 N–H and O–H groups in total. The third-order valence-corrected chi connectivity index (χ3v) is 3.54. The van der Waals surface area contributed by atoms with Crippen molar-refractivity contribution in [2.75, 3.05) is 5.32 Å². The molecular formula is C13H20ClN5. The van der Waals surface area contributed by atoms with Crippen LogP contribution in [0.25, 0.3) is 0 Å². The molecule has 3 rings (SSSR count). The SMILES string of the molecule is Cl.Cn1ccc(NCc2cnn(C3CCCC3)c2)n1. The Labute approximate surface area is 119 Å². The van der Waals surface area contributed by atoms with E-state index >= 15 is 0 Å². The van der Waals surface area contributed by atoms with E-state index in [1.54, 1.807) is 4.68 Å². The fourth-order valence-corrected chi connectivity index (χ4v) is 2.54. The number of nitrogens with one attached hydrogen (secondary N) is 1. The highest BCUT2D eigenvalue weighted by molar-refractivity contribution is 5.85. The van der Waals surface area contributed by atoms with Gasteiger partial charge in [-0.05, 0) is 12.8 Å². The Hall–Kier alpha value is -1.49. The molecule has 0 aliphatic heterocycles. The predicted molar refractivity (Wildman–Crippen MR) is 77.5 cm³/mol. The van der Waals surface area contributed by atoms with Crippen molar-refractivity contribution in [3.63, 3.8) is 0 Å². The molecule has 0 atom stereocenters. The van der Waals surface area contributed by atoms with E-state index in [0.717, 1.165) is 12.4 Å². The van der Waals surface area contributed by atoms with E-state index in [1.165, 1.54) is 31.2 Å². The quantitative estimate of drug-likeness (QED) is 0.937. The van der Waals surface area contributed by atoms with Crippen LogP contribution in [0.1, 0.15) is 37.3 Å². The predicted octanol–water partition coefficient (Wildman–Crippen LogP) is 2.77. The summed E-state index contributed by atoms with van der Waals surface area (Å²) in [6.45, 7) is 0.781. The number of rotatable bonds is 4. The number of halogens is 1. The maximum Gasteiger partial charge on any atom is 0.148 e. The van der Waals surface area contributed by atoms with Gasteiger partial charge in [-0.1, -0.05) is 12.8 Å². The van der Waals surface area contributed by atoms with Crippen molar-refractivity contribution in [3.05, 3.63) is 30.2 Å². The van der Waals surface area contributed by atoms with Crippen LogP contribution in [-0.4, -0.2) is 19.6 Å². The number of hydrogen-bond acceptors (Lipinski definition) is 3. The first-order valence-electron chi connectivity index (χ1n) is 6.58. The van der Waals surface area contributed by atoms with E-state index in [1.807, 2.05) is 25.5 Å². The van der Waals surface area contributed by atoms with Crippen molar-refractivity contribution >= 4 is 18.2 Å². The summed E-state index contributed by atoms with van der Waals surface area (Å²) in [5.74, 6) is 0.908. The summed E-state index contributed by atoms with van der Waals surface area (Å²) in [4.78, 5) is 0. The molecule has 0 saturated heterocycles. The lowest BCUT2D eigenvalue weighted by Crippen LogP contribution is -2.05. The molecule has 2 aromatic rings. The Morgan fingerprint density at radius 3 is 2.84 bits per heavy atom. The molecule has 0 unspecified atom stereocenters. The fraction of sp³-hybridized carbons (Fsp3) is 0.538. The highest BCUT2D eigenvalue weighted by Gasteiger charge is 2.17. The molecular weight excluding hydrogens is 262 g/mol. The molecule has 1 saturated carbocycles. The lowest BCUT2D eigenvalue weighted by atomic mass is 10.2. The molecule has 0 radical (unpaired) electrons. The molecule has 104 valence electrons. The minimum atomic E-state index is 0. The summed E-state index contributed by atoms with van der Waals surface area (Å²) in [5, 5.41) is 12.1. The molecule has 0 spiro atoms. The van der Waals surface area contributed by atoms with Gasteiger partial charge in [0.15, 0.2) is 0 Å². The monoisotopic (exact) mass is 281 g/mol. The molecule has 1 aliphatic rings. The van der Waals surface area contributed by atoms with Crippen LogP contribution in [0, 0.1) is 0 Å². The minimum Gasteiger partial charge on any atom is -0.364 e. The van der Waals surface area contributed by atoms with E-state index in [9.17, 15) is 0 Å². The number of aryl methyl sites for hydroxylation is 1. The Morgan fingerprint density at radius 1 is 1.37 bits per heavy atom. The van der Waals surface area contributed by atoms with Crippen LogP contribution in [0.5, 0.6) is 0 Å². The largest absolute Gasteiger partial charge is 0.364 e. The van der Waals surface area contributed by atoms with E-state index in [4.69, 9.17) is 0 Å². The Morgan fingerprint density at radius 2 is 2.16 bits per heavy atom. The third-order valence-electron chi connectivity index (χ3n) is 3.54. The van der Waals surface area contributed by atoms with Gasteiger partial charge in [-0.25, -0.2) is 0 Å². The van der Waals surface area contributed by atoms with Crippen LogP contribution >= 0.6 is 12.4 Å². The Bertz CT molecular complexity index is 513. The summed E-state index contributed by atoms with van der Waals surface area (Å²) >= 11 is 0. The second kappa shape index (κ2) is 6.10. The van der Waals surface area contributed by atoms with Crippen molar-refractivity contribution in [3.8, 4) is 0 Å². The molecule has 5 nitrogen and oxygen atoms in total. The first-order valence-corrected chi connectivity index (χ1v) is 6.58. The second-order valence-electron chi connectivity index (χ2n) is 5.00. The lowest BCUT2D eigenvalue weighted by molar-refractivity contribution is 0.466. The first-order chi connectivity index (χ1) is 8.81. The van der Waals surface area contributed by atoms with Crippen molar-refractivity contribution in [2.24, 2.45) is 7.05 Å². The number of hydrogen-bond donors (Lipinski definition) is 1. The van der Waals surface area contributed by atoms with Gasteiger partial charge < -0.3 is 5.32 Å². The van der Waals surface area contributed by atoms with Crippen molar-refractivity contribution in [1.82, 2.24) is 19.6 Å². The molecule has 1 aliphatic carbocycles. The average Bonchev–Trinajstić information content (AvgIpc) is 3.07. The molecule has 2 heterocycles. The topological polar surface area (TPSA) is 47.7 Å². The third kappa shape index (κ3) is 3.29. The van der Waals surface area contributed by atoms with Gasteiger partial charge in [0.25, 0.3) is 0 Å². The van der Waals surface area contributed by atoms with Gasteiger partial charge >= 0.3 is 0 Å². The molecule has 2 aromatic heterocycles. The van der Waals surface area contributed by atoms with Gasteiger partial charge in [0, 0.05) is 37.6 Å². The normalized spacial score (nSPS) is 15.4. The second-order valence-corrected chi connectivity index (χ2v) is 5.00. The summed E-state index contributed by atoms with van der Waals surface area (Å²) in [6, 6.07) is 2.59. The van der Waals surface area contributed by atoms with Gasteiger partial charge in [-0.3, -0.25) is 9.36 Å². The van der Waals surface area contributed by atoms with Gasteiger partial charge in [-0.2, -0.15) is 10.2 Å². The zero-order chi connectivity index (χ0) is 12.4. The van der Waals surface area contributed by atoms with Crippen LogP contribution in [0.15, 0.2) is 24.7 Å². The maximum absolute atomic E-state index is 4.47. The molecule has 0 bridgehead atoms. The average molecular weight is 282 g/mol. The van der Waals surface area contributed by atoms with Crippen LogP contribution < -0.4 is 5.32 Å². The standard InChI is InChI=1S/C13H19N5.ClH/c1-17-7-6-13(16-17)14-8-11-9-15-18(10-11)12-4-2-3-5-12;/h6-7,9-10,12H,2-5,8H2,1H3,(H,14,16);1H. The summed E-state index contributed by atoms with van der Waals surface area (Å²) in [7, 11) is 1.92. The molecule has 1 fully saturated rings. The number of anilines is 1. The van der Waals surface area contributed by atoms with Gasteiger partial charge in [0.05, 0.1) is 12.2 Å². The molecule has 0 amide bonds. The summed E-state index contributed by atoms with van der Waals surface area (Å²) in [5.41, 5.74) is 1.22. The zero-order valence-electron chi connectivity index (χ0n) is 11.1. The van der Waals surface area contributed by atoms with Crippen LogP contribution in [-0.2, 0) is 13.6 Å². The fourth-order valence-electron chi connectivity index (χ4n) is 2.54. The highest BCUT2D eigenvalue weighted by Crippen LogP contribution is 2.28. The van der Waals surface area contributed by atoms with E-state index < -0.39 is 0 Å². The minimum absolute atomic E-state index is 0. The van der Waals surface area contributed by atoms with Crippen molar-refractivity contribution in [2.45, 2.75) is 38.3 Å². The highest BCUT2D eigenvalue weighted by atomic mass is 35.5. The van der Waals surface area contributed by atoms with E-state index in [2.05, 4.69) is 26.4 Å². The molecule has 6 heteroatoms.